The van der Waals surface area contributed by atoms with Crippen molar-refractivity contribution < 1.29 is 28.6 Å². The highest BCUT2D eigenvalue weighted by Gasteiger charge is 2.36. The number of piperidine rings is 1. The minimum atomic E-state index is -1.15. The van der Waals surface area contributed by atoms with Crippen LogP contribution in [0.2, 0.25) is 0 Å². The van der Waals surface area contributed by atoms with Crippen LogP contribution in [-0.4, -0.2) is 57.7 Å². The van der Waals surface area contributed by atoms with Gasteiger partial charge in [-0.3, -0.25) is 4.79 Å². The molecule has 3 N–H and O–H groups in total. The van der Waals surface area contributed by atoms with Crippen molar-refractivity contribution in [2.24, 2.45) is 5.92 Å². The average Bonchev–Trinajstić information content (AvgIpc) is 3.36. The van der Waals surface area contributed by atoms with Crippen LogP contribution in [-0.2, 0) is 9.53 Å². The van der Waals surface area contributed by atoms with Crippen LogP contribution in [0.25, 0.3) is 21.3 Å². The lowest BCUT2D eigenvalue weighted by molar-refractivity contribution is -0.141. The van der Waals surface area contributed by atoms with Gasteiger partial charge < -0.3 is 25.4 Å². The van der Waals surface area contributed by atoms with Gasteiger partial charge in [-0.15, -0.1) is 0 Å². The molecular formula is C32H33FN4O5S. The molecule has 5 rings (SSSR count). The fourth-order valence-corrected chi connectivity index (χ4v) is 5.93. The first-order valence-corrected chi connectivity index (χ1v) is 14.8. The summed E-state index contributed by atoms with van der Waals surface area (Å²) in [5.41, 5.74) is 3.04. The molecule has 2 heterocycles. The van der Waals surface area contributed by atoms with Crippen molar-refractivity contribution in [3.8, 4) is 11.1 Å². The molecule has 0 spiro atoms. The minimum Gasteiger partial charge on any atom is -0.480 e. The Labute approximate surface area is 252 Å². The summed E-state index contributed by atoms with van der Waals surface area (Å²) in [5.74, 6) is -2.39. The number of likely N-dealkylation sites (tertiary alicyclic amines) is 1. The Hall–Kier alpha value is -4.51. The SMILES string of the molecule is CC(C)(C)OC(=O)N1CCCC(C(NC(=O)c2ccc(-c3ccc(Nc4nc5ccc(F)cc5s4)cc3)cc2)C(=O)O)C1. The number of fused-ring (bicyclic) bond motifs is 1. The largest absolute Gasteiger partial charge is 0.480 e. The van der Waals surface area contributed by atoms with Crippen molar-refractivity contribution in [1.82, 2.24) is 15.2 Å². The number of aliphatic carboxylic acids is 1. The van der Waals surface area contributed by atoms with Crippen LogP contribution < -0.4 is 10.6 Å². The molecular weight excluding hydrogens is 571 g/mol. The predicted molar refractivity (Wildman–Crippen MR) is 164 cm³/mol. The Morgan fingerprint density at radius 2 is 1.72 bits per heavy atom. The van der Waals surface area contributed by atoms with Crippen LogP contribution >= 0.6 is 11.3 Å². The van der Waals surface area contributed by atoms with Gasteiger partial charge in [-0.1, -0.05) is 35.6 Å². The van der Waals surface area contributed by atoms with Crippen LogP contribution in [0, 0.1) is 11.7 Å². The van der Waals surface area contributed by atoms with E-state index in [-0.39, 0.29) is 12.4 Å². The number of amides is 2. The Kier molecular flexibility index (Phi) is 8.63. The topological polar surface area (TPSA) is 121 Å². The van der Waals surface area contributed by atoms with E-state index >= 15 is 0 Å². The Morgan fingerprint density at radius 3 is 2.37 bits per heavy atom. The van der Waals surface area contributed by atoms with Crippen molar-refractivity contribution in [2.75, 3.05) is 18.4 Å². The average molecular weight is 605 g/mol. The quantitative estimate of drug-likeness (QED) is 0.215. The summed E-state index contributed by atoms with van der Waals surface area (Å²) in [6.07, 6.45) is 0.700. The lowest BCUT2D eigenvalue weighted by Gasteiger charge is -2.36. The molecule has 0 saturated carbocycles. The normalized spacial score (nSPS) is 16.0. The maximum Gasteiger partial charge on any atom is 0.410 e. The van der Waals surface area contributed by atoms with Crippen LogP contribution in [0.1, 0.15) is 44.0 Å². The Morgan fingerprint density at radius 1 is 1.05 bits per heavy atom. The lowest BCUT2D eigenvalue weighted by atomic mass is 9.90. The summed E-state index contributed by atoms with van der Waals surface area (Å²) >= 11 is 1.37. The molecule has 4 aromatic rings. The number of carboxylic acid groups (broad SMARTS) is 1. The van der Waals surface area contributed by atoms with Crippen molar-refractivity contribution in [2.45, 2.75) is 45.3 Å². The zero-order valence-corrected chi connectivity index (χ0v) is 24.9. The van der Waals surface area contributed by atoms with Gasteiger partial charge >= 0.3 is 12.1 Å². The van der Waals surface area contributed by atoms with Gasteiger partial charge in [0.2, 0.25) is 0 Å². The molecule has 43 heavy (non-hydrogen) atoms. The van der Waals surface area contributed by atoms with E-state index in [1.807, 2.05) is 24.3 Å². The number of carbonyl (C=O) groups excluding carboxylic acids is 2. The molecule has 2 atom stereocenters. The van der Waals surface area contributed by atoms with Crippen LogP contribution in [0.5, 0.6) is 0 Å². The number of thiazole rings is 1. The predicted octanol–water partition coefficient (Wildman–Crippen LogP) is 6.68. The van der Waals surface area contributed by atoms with E-state index in [2.05, 4.69) is 15.6 Å². The van der Waals surface area contributed by atoms with Crippen molar-refractivity contribution in [3.63, 3.8) is 0 Å². The smallest absolute Gasteiger partial charge is 0.410 e. The van der Waals surface area contributed by atoms with Crippen LogP contribution in [0.4, 0.5) is 20.0 Å². The summed E-state index contributed by atoms with van der Waals surface area (Å²) in [6, 6.07) is 18.0. The number of halogens is 1. The van der Waals surface area contributed by atoms with Gasteiger partial charge in [-0.05, 0) is 87.2 Å². The van der Waals surface area contributed by atoms with Gasteiger partial charge in [0.15, 0.2) is 5.13 Å². The fraction of sp³-hybridized carbons (Fsp3) is 0.312. The highest BCUT2D eigenvalue weighted by Crippen LogP contribution is 2.30. The maximum atomic E-state index is 13.5. The molecule has 1 saturated heterocycles. The molecule has 3 aromatic carbocycles. The molecule has 2 amide bonds. The van der Waals surface area contributed by atoms with E-state index in [9.17, 15) is 23.9 Å². The molecule has 0 radical (unpaired) electrons. The molecule has 11 heteroatoms. The Balaban J connectivity index is 1.21. The molecule has 0 aliphatic carbocycles. The molecule has 224 valence electrons. The number of ether oxygens (including phenoxy) is 1. The third-order valence-corrected chi connectivity index (χ3v) is 8.03. The maximum absolute atomic E-state index is 13.5. The number of rotatable bonds is 7. The zero-order chi connectivity index (χ0) is 30.7. The molecule has 1 aromatic heterocycles. The second-order valence-corrected chi connectivity index (χ2v) is 12.6. The molecule has 2 unspecified atom stereocenters. The summed E-state index contributed by atoms with van der Waals surface area (Å²) in [6.45, 7) is 6.00. The molecule has 9 nitrogen and oxygen atoms in total. The van der Waals surface area contributed by atoms with E-state index < -0.39 is 35.5 Å². The number of nitrogens with zero attached hydrogens (tertiary/aromatic N) is 2. The Bertz CT molecular complexity index is 1630. The van der Waals surface area contributed by atoms with Crippen molar-refractivity contribution in [1.29, 1.82) is 0 Å². The highest BCUT2D eigenvalue weighted by molar-refractivity contribution is 7.22. The highest BCUT2D eigenvalue weighted by atomic mass is 32.1. The number of carbonyl (C=O) groups is 3. The second-order valence-electron chi connectivity index (χ2n) is 11.5. The molecule has 0 bridgehead atoms. The first-order chi connectivity index (χ1) is 20.4. The van der Waals surface area contributed by atoms with E-state index in [0.717, 1.165) is 27.0 Å². The molecule has 1 aliphatic rings. The minimum absolute atomic E-state index is 0.188. The zero-order valence-electron chi connectivity index (χ0n) is 24.1. The third-order valence-electron chi connectivity index (χ3n) is 7.10. The number of anilines is 2. The van der Waals surface area contributed by atoms with Gasteiger partial charge in [-0.2, -0.15) is 0 Å². The number of hydrogen-bond acceptors (Lipinski definition) is 7. The standard InChI is InChI=1S/C32H33FN4O5S/c1-32(2,3)42-31(41)37-16-4-5-22(18-37)27(29(39)40)36-28(38)21-8-6-19(7-9-21)20-10-13-24(14-11-20)34-30-35-25-15-12-23(33)17-26(25)43-30/h6-15,17,22,27H,4-5,16,18H2,1-3H3,(H,34,35)(H,36,38)(H,39,40). The van der Waals surface area contributed by atoms with E-state index in [1.54, 1.807) is 51.1 Å². The summed E-state index contributed by atoms with van der Waals surface area (Å²) in [5, 5.41) is 16.5. The number of aromatic nitrogens is 1. The first-order valence-electron chi connectivity index (χ1n) is 14.0. The van der Waals surface area contributed by atoms with Crippen molar-refractivity contribution in [3.05, 3.63) is 78.1 Å². The number of carboxylic acids is 1. The number of benzene rings is 3. The molecule has 1 aliphatic heterocycles. The van der Waals surface area contributed by atoms with E-state index in [0.29, 0.717) is 30.1 Å². The van der Waals surface area contributed by atoms with E-state index in [4.69, 9.17) is 4.74 Å². The van der Waals surface area contributed by atoms with Gasteiger partial charge in [0.05, 0.1) is 10.2 Å². The van der Waals surface area contributed by atoms with Gasteiger partial charge in [0.25, 0.3) is 5.91 Å². The monoisotopic (exact) mass is 604 g/mol. The summed E-state index contributed by atoms with van der Waals surface area (Å²) < 4.78 is 19.7. The van der Waals surface area contributed by atoms with Gasteiger partial charge in [-0.25, -0.2) is 19.0 Å². The van der Waals surface area contributed by atoms with Crippen LogP contribution in [0.15, 0.2) is 66.7 Å². The van der Waals surface area contributed by atoms with Gasteiger partial charge in [0.1, 0.15) is 17.5 Å². The third kappa shape index (κ3) is 7.47. The number of nitrogens with one attached hydrogen (secondary N) is 2. The summed E-state index contributed by atoms with van der Waals surface area (Å²) in [4.78, 5) is 43.7. The fourth-order valence-electron chi connectivity index (χ4n) is 5.02. The van der Waals surface area contributed by atoms with Crippen molar-refractivity contribution >= 4 is 50.3 Å². The van der Waals surface area contributed by atoms with Gasteiger partial charge in [0, 0.05) is 30.3 Å². The second kappa shape index (κ2) is 12.4. The molecule has 1 fully saturated rings. The van der Waals surface area contributed by atoms with E-state index in [1.165, 1.54) is 28.4 Å². The summed E-state index contributed by atoms with van der Waals surface area (Å²) in [7, 11) is 0. The lowest BCUT2D eigenvalue weighted by Crippen LogP contribution is -2.53. The first kappa shape index (κ1) is 30.0. The number of hydrogen-bond donors (Lipinski definition) is 3. The van der Waals surface area contributed by atoms with Crippen LogP contribution in [0.3, 0.4) is 0 Å².